The molecule has 0 amide bonds. The van der Waals surface area contributed by atoms with E-state index in [-0.39, 0.29) is 16.8 Å². The molecule has 0 aliphatic rings. The monoisotopic (exact) mass is 251 g/mol. The van der Waals surface area contributed by atoms with Crippen LogP contribution in [0.4, 0.5) is 0 Å². The van der Waals surface area contributed by atoms with E-state index < -0.39 is 10.0 Å². The zero-order chi connectivity index (χ0) is 11.5. The fourth-order valence-corrected chi connectivity index (χ4v) is 2.20. The third kappa shape index (κ3) is 3.48. The van der Waals surface area contributed by atoms with Crippen LogP contribution < -0.4 is 4.72 Å². The Morgan fingerprint density at radius 2 is 2.33 bits per heavy atom. The van der Waals surface area contributed by atoms with Crippen LogP contribution in [0.15, 0.2) is 17.3 Å². The summed E-state index contributed by atoms with van der Waals surface area (Å²) in [6.45, 7) is 2.13. The smallest absolute Gasteiger partial charge is 0.243 e. The Kier molecular flexibility index (Phi) is 4.12. The highest BCUT2D eigenvalue weighted by Crippen LogP contribution is 2.07. The molecule has 1 heterocycles. The van der Waals surface area contributed by atoms with Gasteiger partial charge < -0.3 is 0 Å². The molecule has 7 heteroatoms. The summed E-state index contributed by atoms with van der Waals surface area (Å²) in [5.74, 6) is 0. The average molecular weight is 252 g/mol. The van der Waals surface area contributed by atoms with Gasteiger partial charge in [0.15, 0.2) is 0 Å². The minimum absolute atomic E-state index is 0.157. The fourth-order valence-electron chi connectivity index (χ4n) is 0.965. The zero-order valence-corrected chi connectivity index (χ0v) is 10.2. The molecule has 0 fully saturated rings. The minimum Gasteiger partial charge on any atom is -0.274 e. The summed E-state index contributed by atoms with van der Waals surface area (Å²) in [4.78, 5) is 0.157. The van der Waals surface area contributed by atoms with E-state index in [4.69, 9.17) is 11.6 Å². The van der Waals surface area contributed by atoms with Crippen LogP contribution in [-0.2, 0) is 17.1 Å². The summed E-state index contributed by atoms with van der Waals surface area (Å²) in [5.41, 5.74) is 0. The Morgan fingerprint density at radius 1 is 1.67 bits per heavy atom. The SMILES string of the molecule is CCC(Cl)CNS(=O)(=O)c1cnn(C)c1. The molecular weight excluding hydrogens is 238 g/mol. The van der Waals surface area contributed by atoms with Crippen LogP contribution in [0.25, 0.3) is 0 Å². The molecule has 15 heavy (non-hydrogen) atoms. The molecule has 5 nitrogen and oxygen atoms in total. The first-order valence-electron chi connectivity index (χ1n) is 4.58. The largest absolute Gasteiger partial charge is 0.274 e. The predicted octanol–water partition coefficient (Wildman–Crippen LogP) is 0.716. The number of rotatable bonds is 5. The lowest BCUT2D eigenvalue weighted by atomic mass is 10.3. The maximum absolute atomic E-state index is 11.6. The summed E-state index contributed by atoms with van der Waals surface area (Å²) >= 11 is 5.82. The highest BCUT2D eigenvalue weighted by molar-refractivity contribution is 7.89. The van der Waals surface area contributed by atoms with Gasteiger partial charge in [-0.15, -0.1) is 11.6 Å². The molecule has 86 valence electrons. The van der Waals surface area contributed by atoms with Crippen molar-refractivity contribution in [3.05, 3.63) is 12.4 Å². The van der Waals surface area contributed by atoms with Crippen LogP contribution in [0.2, 0.25) is 0 Å². The van der Waals surface area contributed by atoms with Gasteiger partial charge in [-0.3, -0.25) is 4.68 Å². The molecule has 0 aromatic carbocycles. The van der Waals surface area contributed by atoms with Gasteiger partial charge in [-0.05, 0) is 6.42 Å². The summed E-state index contributed by atoms with van der Waals surface area (Å²) in [7, 11) is -1.80. The molecule has 0 bridgehead atoms. The number of hydrogen-bond acceptors (Lipinski definition) is 3. The van der Waals surface area contributed by atoms with Crippen molar-refractivity contribution in [2.24, 2.45) is 7.05 Å². The standard InChI is InChI=1S/C8H14ClN3O2S/c1-3-7(9)4-11-15(13,14)8-5-10-12(2)6-8/h5-7,11H,3-4H2,1-2H3. The van der Waals surface area contributed by atoms with Gasteiger partial charge in [0, 0.05) is 25.2 Å². The Morgan fingerprint density at radius 3 is 2.80 bits per heavy atom. The topological polar surface area (TPSA) is 64.0 Å². The first-order valence-corrected chi connectivity index (χ1v) is 6.50. The number of hydrogen-bond donors (Lipinski definition) is 1. The lowest BCUT2D eigenvalue weighted by Gasteiger charge is -2.07. The molecule has 1 atom stereocenters. The summed E-state index contributed by atoms with van der Waals surface area (Å²) in [5, 5.41) is 3.61. The van der Waals surface area contributed by atoms with Gasteiger partial charge >= 0.3 is 0 Å². The molecule has 1 aromatic heterocycles. The van der Waals surface area contributed by atoms with Crippen molar-refractivity contribution in [2.45, 2.75) is 23.6 Å². The van der Waals surface area contributed by atoms with Gasteiger partial charge in [0.05, 0.1) is 6.20 Å². The third-order valence-electron chi connectivity index (χ3n) is 1.93. The van der Waals surface area contributed by atoms with Crippen LogP contribution in [0.5, 0.6) is 0 Å². The van der Waals surface area contributed by atoms with E-state index in [0.717, 1.165) is 6.42 Å². The van der Waals surface area contributed by atoms with E-state index in [0.29, 0.717) is 0 Å². The normalized spacial score (nSPS) is 14.1. The van der Waals surface area contributed by atoms with E-state index in [1.54, 1.807) is 7.05 Å². The number of aryl methyl sites for hydroxylation is 1. The Hall–Kier alpha value is -0.590. The quantitative estimate of drug-likeness (QED) is 0.785. The lowest BCUT2D eigenvalue weighted by Crippen LogP contribution is -2.29. The number of aromatic nitrogens is 2. The van der Waals surface area contributed by atoms with E-state index >= 15 is 0 Å². The van der Waals surface area contributed by atoms with E-state index in [2.05, 4.69) is 9.82 Å². The summed E-state index contributed by atoms with van der Waals surface area (Å²) < 4.78 is 27.1. The Bertz CT molecular complexity index is 415. The Labute approximate surface area is 94.5 Å². The molecule has 0 spiro atoms. The van der Waals surface area contributed by atoms with Crippen molar-refractivity contribution < 1.29 is 8.42 Å². The fraction of sp³-hybridized carbons (Fsp3) is 0.625. The van der Waals surface area contributed by atoms with Crippen molar-refractivity contribution in [3.63, 3.8) is 0 Å². The maximum Gasteiger partial charge on any atom is 0.243 e. The number of alkyl halides is 1. The molecule has 1 aromatic rings. The first kappa shape index (κ1) is 12.5. The van der Waals surface area contributed by atoms with Crippen LogP contribution in [-0.4, -0.2) is 30.1 Å². The highest BCUT2D eigenvalue weighted by Gasteiger charge is 2.16. The molecular formula is C8H14ClN3O2S. The number of halogens is 1. The predicted molar refractivity (Wildman–Crippen MR) is 58.3 cm³/mol. The van der Waals surface area contributed by atoms with Crippen LogP contribution in [0, 0.1) is 0 Å². The van der Waals surface area contributed by atoms with Gasteiger partial charge in [-0.25, -0.2) is 13.1 Å². The second kappa shape index (κ2) is 4.96. The molecule has 0 aliphatic heterocycles. The summed E-state index contributed by atoms with van der Waals surface area (Å²) in [6.07, 6.45) is 3.46. The molecule has 0 radical (unpaired) electrons. The van der Waals surface area contributed by atoms with Gasteiger partial charge in [-0.1, -0.05) is 6.92 Å². The summed E-state index contributed by atoms with van der Waals surface area (Å²) in [6, 6.07) is 0. The van der Waals surface area contributed by atoms with Crippen LogP contribution in [0.3, 0.4) is 0 Å². The van der Waals surface area contributed by atoms with E-state index in [1.165, 1.54) is 17.1 Å². The van der Waals surface area contributed by atoms with Crippen molar-refractivity contribution in [1.82, 2.24) is 14.5 Å². The second-order valence-electron chi connectivity index (χ2n) is 3.21. The van der Waals surface area contributed by atoms with Crippen LogP contribution >= 0.6 is 11.6 Å². The molecule has 0 saturated carbocycles. The van der Waals surface area contributed by atoms with E-state index in [1.807, 2.05) is 6.92 Å². The number of nitrogens with one attached hydrogen (secondary N) is 1. The lowest BCUT2D eigenvalue weighted by molar-refractivity contribution is 0.579. The van der Waals surface area contributed by atoms with Gasteiger partial charge in [0.25, 0.3) is 0 Å². The zero-order valence-electron chi connectivity index (χ0n) is 8.64. The molecule has 0 aliphatic carbocycles. The van der Waals surface area contributed by atoms with E-state index in [9.17, 15) is 8.42 Å². The van der Waals surface area contributed by atoms with Crippen LogP contribution in [0.1, 0.15) is 13.3 Å². The van der Waals surface area contributed by atoms with Gasteiger partial charge in [0.2, 0.25) is 10.0 Å². The average Bonchev–Trinajstić information content (AvgIpc) is 2.62. The number of sulfonamides is 1. The van der Waals surface area contributed by atoms with Gasteiger partial charge in [-0.2, -0.15) is 5.10 Å². The van der Waals surface area contributed by atoms with Crippen molar-refractivity contribution in [1.29, 1.82) is 0 Å². The molecule has 0 saturated heterocycles. The Balaban J connectivity index is 2.68. The third-order valence-corrected chi connectivity index (χ3v) is 3.77. The van der Waals surface area contributed by atoms with Crippen molar-refractivity contribution in [2.75, 3.05) is 6.54 Å². The first-order chi connectivity index (χ1) is 6.95. The minimum atomic E-state index is -3.46. The second-order valence-corrected chi connectivity index (χ2v) is 5.59. The molecule has 1 unspecified atom stereocenters. The highest BCUT2D eigenvalue weighted by atomic mass is 35.5. The van der Waals surface area contributed by atoms with Crippen molar-refractivity contribution >= 4 is 21.6 Å². The number of nitrogens with zero attached hydrogens (tertiary/aromatic N) is 2. The van der Waals surface area contributed by atoms with Crippen molar-refractivity contribution in [3.8, 4) is 0 Å². The molecule has 1 rings (SSSR count). The maximum atomic E-state index is 11.6. The van der Waals surface area contributed by atoms with Gasteiger partial charge in [0.1, 0.15) is 4.90 Å². The molecule has 1 N–H and O–H groups in total.